The van der Waals surface area contributed by atoms with E-state index in [0.717, 1.165) is 22.9 Å². The smallest absolute Gasteiger partial charge is 0.293 e. The van der Waals surface area contributed by atoms with Crippen molar-refractivity contribution in [3.05, 3.63) is 97.8 Å². The Morgan fingerprint density at radius 3 is 2.45 bits per heavy atom. The number of imide groups is 1. The average Bonchev–Trinajstić information content (AvgIpc) is 3.07. The second kappa shape index (κ2) is 10.5. The van der Waals surface area contributed by atoms with E-state index >= 15 is 0 Å². The van der Waals surface area contributed by atoms with E-state index in [4.69, 9.17) is 21.1 Å². The summed E-state index contributed by atoms with van der Waals surface area (Å²) in [6.07, 6.45) is 1.68. The van der Waals surface area contributed by atoms with E-state index in [1.54, 1.807) is 43.5 Å². The fourth-order valence-electron chi connectivity index (χ4n) is 3.25. The fraction of sp³-hybridized carbons (Fsp3) is 0.120. The van der Waals surface area contributed by atoms with E-state index in [0.29, 0.717) is 38.1 Å². The van der Waals surface area contributed by atoms with E-state index in [2.05, 4.69) is 15.9 Å². The molecule has 0 aliphatic carbocycles. The molecule has 1 aliphatic heterocycles. The van der Waals surface area contributed by atoms with Gasteiger partial charge in [-0.2, -0.15) is 0 Å². The van der Waals surface area contributed by atoms with E-state index in [-0.39, 0.29) is 17.7 Å². The molecular formula is C25H19BrClNO4S. The van der Waals surface area contributed by atoms with Crippen LogP contribution in [0.2, 0.25) is 5.02 Å². The minimum absolute atomic E-state index is 0.193. The standard InChI is InChI=1S/C25H19BrClNO4S/c1-31-21-12-18(11-20(26)23(21)32-15-17-5-3-2-4-6-17)13-22-24(29)28(25(30)33-22)14-16-7-9-19(27)10-8-16/h2-13H,14-15H2,1H3. The molecule has 1 saturated heterocycles. The van der Waals surface area contributed by atoms with Gasteiger partial charge in [0.1, 0.15) is 6.61 Å². The van der Waals surface area contributed by atoms with Crippen LogP contribution >= 0.6 is 39.3 Å². The first-order valence-corrected chi connectivity index (χ1v) is 12.0. The molecular weight excluding hydrogens is 526 g/mol. The lowest BCUT2D eigenvalue weighted by molar-refractivity contribution is -0.123. The van der Waals surface area contributed by atoms with Crippen molar-refractivity contribution in [1.29, 1.82) is 0 Å². The number of hydrogen-bond acceptors (Lipinski definition) is 5. The largest absolute Gasteiger partial charge is 0.493 e. The highest BCUT2D eigenvalue weighted by Crippen LogP contribution is 2.39. The maximum atomic E-state index is 12.9. The normalized spacial score (nSPS) is 14.8. The number of benzene rings is 3. The molecule has 5 nitrogen and oxygen atoms in total. The van der Waals surface area contributed by atoms with Crippen LogP contribution in [0.1, 0.15) is 16.7 Å². The van der Waals surface area contributed by atoms with Gasteiger partial charge >= 0.3 is 0 Å². The summed E-state index contributed by atoms with van der Waals surface area (Å²) in [4.78, 5) is 26.9. The van der Waals surface area contributed by atoms with E-state index in [1.165, 1.54) is 4.90 Å². The number of carbonyl (C=O) groups excluding carboxylic acids is 2. The van der Waals surface area contributed by atoms with Crippen LogP contribution in [0, 0.1) is 0 Å². The van der Waals surface area contributed by atoms with Crippen LogP contribution in [0.5, 0.6) is 11.5 Å². The van der Waals surface area contributed by atoms with Gasteiger partial charge in [-0.25, -0.2) is 0 Å². The summed E-state index contributed by atoms with van der Waals surface area (Å²) in [5.41, 5.74) is 2.57. The van der Waals surface area contributed by atoms with Crippen LogP contribution in [0.4, 0.5) is 4.79 Å². The van der Waals surface area contributed by atoms with Crippen molar-refractivity contribution < 1.29 is 19.1 Å². The zero-order chi connectivity index (χ0) is 23.4. The molecule has 0 atom stereocenters. The summed E-state index contributed by atoms with van der Waals surface area (Å²) in [6, 6.07) is 20.5. The Kier molecular flexibility index (Phi) is 7.42. The van der Waals surface area contributed by atoms with Crippen molar-refractivity contribution >= 4 is 56.5 Å². The monoisotopic (exact) mass is 543 g/mol. The van der Waals surface area contributed by atoms with Gasteiger partial charge in [-0.3, -0.25) is 14.5 Å². The second-order valence-corrected chi connectivity index (χ2v) is 9.49. The molecule has 0 aromatic heterocycles. The number of hydrogen-bond donors (Lipinski definition) is 0. The van der Waals surface area contributed by atoms with Crippen molar-refractivity contribution in [1.82, 2.24) is 4.90 Å². The molecule has 2 amide bonds. The third-order valence-electron chi connectivity index (χ3n) is 4.90. The summed E-state index contributed by atoms with van der Waals surface area (Å²) in [5, 5.41) is 0.290. The number of nitrogens with zero attached hydrogens (tertiary/aromatic N) is 1. The number of methoxy groups -OCH3 is 1. The first kappa shape index (κ1) is 23.4. The Labute approximate surface area is 209 Å². The molecule has 0 spiro atoms. The highest BCUT2D eigenvalue weighted by Gasteiger charge is 2.35. The Morgan fingerprint density at radius 1 is 1.03 bits per heavy atom. The number of amides is 2. The van der Waals surface area contributed by atoms with Crippen molar-refractivity contribution in [2.75, 3.05) is 7.11 Å². The van der Waals surface area contributed by atoms with Crippen LogP contribution in [-0.4, -0.2) is 23.2 Å². The Bertz CT molecular complexity index is 1220. The van der Waals surface area contributed by atoms with Crippen LogP contribution in [-0.2, 0) is 17.9 Å². The molecule has 4 rings (SSSR count). The number of halogens is 2. The molecule has 3 aromatic rings. The lowest BCUT2D eigenvalue weighted by Crippen LogP contribution is -2.27. The van der Waals surface area contributed by atoms with Gasteiger partial charge in [-0.1, -0.05) is 54.1 Å². The van der Waals surface area contributed by atoms with Crippen LogP contribution in [0.15, 0.2) is 76.1 Å². The SMILES string of the molecule is COc1cc(C=C2SC(=O)N(Cc3ccc(Cl)cc3)C2=O)cc(Br)c1OCc1ccccc1. The zero-order valence-corrected chi connectivity index (χ0v) is 20.7. The Balaban J connectivity index is 1.53. The molecule has 0 N–H and O–H groups in total. The molecule has 168 valence electrons. The van der Waals surface area contributed by atoms with E-state index < -0.39 is 0 Å². The van der Waals surface area contributed by atoms with Gasteiger partial charge in [0.2, 0.25) is 0 Å². The Morgan fingerprint density at radius 2 is 1.76 bits per heavy atom. The van der Waals surface area contributed by atoms with Crippen LogP contribution in [0.25, 0.3) is 6.08 Å². The molecule has 33 heavy (non-hydrogen) atoms. The van der Waals surface area contributed by atoms with Gasteiger partial charge < -0.3 is 9.47 Å². The predicted molar refractivity (Wildman–Crippen MR) is 134 cm³/mol. The van der Waals surface area contributed by atoms with E-state index in [1.807, 2.05) is 36.4 Å². The quantitative estimate of drug-likeness (QED) is 0.302. The molecule has 0 unspecified atom stereocenters. The van der Waals surface area contributed by atoms with E-state index in [9.17, 15) is 9.59 Å². The number of rotatable bonds is 7. The predicted octanol–water partition coefficient (Wildman–Crippen LogP) is 6.93. The van der Waals surface area contributed by atoms with Gasteiger partial charge in [-0.15, -0.1) is 0 Å². The number of thioether (sulfide) groups is 1. The van der Waals surface area contributed by atoms with Gasteiger partial charge in [0.25, 0.3) is 11.1 Å². The summed E-state index contributed by atoms with van der Waals surface area (Å²) in [5.74, 6) is 0.751. The molecule has 0 radical (unpaired) electrons. The van der Waals surface area contributed by atoms with Crippen molar-refractivity contribution in [2.24, 2.45) is 0 Å². The topological polar surface area (TPSA) is 55.8 Å². The summed E-state index contributed by atoms with van der Waals surface area (Å²) in [6.45, 7) is 0.581. The summed E-state index contributed by atoms with van der Waals surface area (Å²) in [7, 11) is 1.56. The summed E-state index contributed by atoms with van der Waals surface area (Å²) < 4.78 is 12.2. The first-order chi connectivity index (χ1) is 15.9. The van der Waals surface area contributed by atoms with Gasteiger partial charge in [0.15, 0.2) is 11.5 Å². The average molecular weight is 545 g/mol. The fourth-order valence-corrected chi connectivity index (χ4v) is 4.79. The minimum atomic E-state index is -0.334. The maximum absolute atomic E-state index is 12.9. The van der Waals surface area contributed by atoms with Crippen LogP contribution < -0.4 is 9.47 Å². The molecule has 0 saturated carbocycles. The highest BCUT2D eigenvalue weighted by molar-refractivity contribution is 9.10. The second-order valence-electron chi connectivity index (χ2n) is 7.20. The molecule has 1 aliphatic rings. The third-order valence-corrected chi connectivity index (χ3v) is 6.65. The van der Waals surface area contributed by atoms with Gasteiger partial charge in [0.05, 0.1) is 23.0 Å². The van der Waals surface area contributed by atoms with Crippen molar-refractivity contribution in [3.8, 4) is 11.5 Å². The molecule has 1 fully saturated rings. The Hall–Kier alpha value is -2.74. The van der Waals surface area contributed by atoms with Gasteiger partial charge in [0, 0.05) is 5.02 Å². The third kappa shape index (κ3) is 5.61. The molecule has 0 bridgehead atoms. The number of ether oxygens (including phenoxy) is 2. The lowest BCUT2D eigenvalue weighted by Gasteiger charge is -2.14. The minimum Gasteiger partial charge on any atom is -0.493 e. The first-order valence-electron chi connectivity index (χ1n) is 9.98. The highest BCUT2D eigenvalue weighted by atomic mass is 79.9. The van der Waals surface area contributed by atoms with Gasteiger partial charge in [-0.05, 0) is 74.7 Å². The zero-order valence-electron chi connectivity index (χ0n) is 17.6. The summed E-state index contributed by atoms with van der Waals surface area (Å²) >= 11 is 10.4. The van der Waals surface area contributed by atoms with Crippen molar-refractivity contribution in [3.63, 3.8) is 0 Å². The van der Waals surface area contributed by atoms with Crippen LogP contribution in [0.3, 0.4) is 0 Å². The van der Waals surface area contributed by atoms with Crippen molar-refractivity contribution in [2.45, 2.75) is 13.2 Å². The maximum Gasteiger partial charge on any atom is 0.293 e. The molecule has 1 heterocycles. The lowest BCUT2D eigenvalue weighted by atomic mass is 10.1. The molecule has 8 heteroatoms. The molecule has 3 aromatic carbocycles. The number of carbonyl (C=O) groups is 2.